The van der Waals surface area contributed by atoms with Crippen LogP contribution in [0.5, 0.6) is 0 Å². The van der Waals surface area contributed by atoms with Gasteiger partial charge in [0.1, 0.15) is 0 Å². The predicted molar refractivity (Wildman–Crippen MR) is 95.0 cm³/mol. The highest BCUT2D eigenvalue weighted by atomic mass is 35.5. The molecular formula is C19H18ClN3O. The number of nitriles is 1. The van der Waals surface area contributed by atoms with Crippen molar-refractivity contribution >= 4 is 23.3 Å². The van der Waals surface area contributed by atoms with Crippen LogP contribution < -0.4 is 5.32 Å². The van der Waals surface area contributed by atoms with E-state index in [1.165, 1.54) is 0 Å². The Morgan fingerprint density at radius 1 is 1.08 bits per heavy atom. The zero-order chi connectivity index (χ0) is 17.0. The number of benzene rings is 2. The van der Waals surface area contributed by atoms with E-state index in [0.717, 1.165) is 5.56 Å². The molecule has 0 aliphatic carbocycles. The molecule has 1 fully saturated rings. The molecule has 1 saturated heterocycles. The van der Waals surface area contributed by atoms with Gasteiger partial charge in [0, 0.05) is 23.8 Å². The van der Waals surface area contributed by atoms with Gasteiger partial charge in [-0.1, -0.05) is 41.9 Å². The van der Waals surface area contributed by atoms with Gasteiger partial charge >= 0.3 is 6.03 Å². The van der Waals surface area contributed by atoms with Crippen molar-refractivity contribution in [1.29, 1.82) is 5.26 Å². The summed E-state index contributed by atoms with van der Waals surface area (Å²) in [5, 5.41) is 13.2. The van der Waals surface area contributed by atoms with Crippen LogP contribution in [0.2, 0.25) is 5.02 Å². The lowest BCUT2D eigenvalue weighted by Crippen LogP contribution is -2.46. The van der Waals surface area contributed by atoms with Crippen molar-refractivity contribution in [2.45, 2.75) is 18.3 Å². The van der Waals surface area contributed by atoms with Gasteiger partial charge in [0.05, 0.1) is 11.5 Å². The number of nitrogens with zero attached hydrogens (tertiary/aromatic N) is 2. The standard InChI is InChI=1S/C19H18ClN3O/c20-16-6-8-17(9-7-16)22-18(24)23-12-10-19(14-21,11-13-23)15-4-2-1-3-5-15/h1-9H,10-13H2,(H,22,24). The van der Waals surface area contributed by atoms with Gasteiger partial charge < -0.3 is 10.2 Å². The van der Waals surface area contributed by atoms with E-state index in [1.54, 1.807) is 29.2 Å². The normalized spacial score (nSPS) is 16.2. The molecule has 0 bridgehead atoms. The second-order valence-electron chi connectivity index (χ2n) is 5.98. The van der Waals surface area contributed by atoms with Gasteiger partial charge in [0.25, 0.3) is 0 Å². The Morgan fingerprint density at radius 2 is 1.71 bits per heavy atom. The molecule has 0 aromatic heterocycles. The number of urea groups is 1. The van der Waals surface area contributed by atoms with Crippen molar-refractivity contribution in [3.8, 4) is 6.07 Å². The number of piperidine rings is 1. The minimum Gasteiger partial charge on any atom is -0.324 e. The summed E-state index contributed by atoms with van der Waals surface area (Å²) >= 11 is 5.85. The van der Waals surface area contributed by atoms with Crippen molar-refractivity contribution < 1.29 is 4.79 Å². The predicted octanol–water partition coefficient (Wildman–Crippen LogP) is 4.43. The molecule has 4 nitrogen and oxygen atoms in total. The van der Waals surface area contributed by atoms with Crippen molar-refractivity contribution in [2.24, 2.45) is 0 Å². The largest absolute Gasteiger partial charge is 0.324 e. The van der Waals surface area contributed by atoms with Crippen LogP contribution in [0.3, 0.4) is 0 Å². The van der Waals surface area contributed by atoms with Crippen LogP contribution >= 0.6 is 11.6 Å². The van der Waals surface area contributed by atoms with Gasteiger partial charge in [-0.25, -0.2) is 4.79 Å². The first-order valence-corrected chi connectivity index (χ1v) is 8.29. The number of amides is 2. The van der Waals surface area contributed by atoms with Gasteiger partial charge in [0.15, 0.2) is 0 Å². The van der Waals surface area contributed by atoms with Gasteiger partial charge in [-0.15, -0.1) is 0 Å². The van der Waals surface area contributed by atoms with Crippen LogP contribution in [-0.4, -0.2) is 24.0 Å². The number of halogens is 1. The lowest BCUT2D eigenvalue weighted by Gasteiger charge is -2.37. The van der Waals surface area contributed by atoms with Crippen LogP contribution in [0.15, 0.2) is 54.6 Å². The Hall–Kier alpha value is -2.51. The fourth-order valence-corrected chi connectivity index (χ4v) is 3.18. The zero-order valence-electron chi connectivity index (χ0n) is 13.2. The first-order chi connectivity index (χ1) is 11.6. The van der Waals surface area contributed by atoms with E-state index in [4.69, 9.17) is 11.6 Å². The van der Waals surface area contributed by atoms with Gasteiger partial charge in [0.2, 0.25) is 0 Å². The van der Waals surface area contributed by atoms with Crippen LogP contribution in [0.1, 0.15) is 18.4 Å². The fourth-order valence-electron chi connectivity index (χ4n) is 3.05. The summed E-state index contributed by atoms with van der Waals surface area (Å²) in [7, 11) is 0. The number of carbonyl (C=O) groups excluding carboxylic acids is 1. The number of rotatable bonds is 2. The Balaban J connectivity index is 1.65. The molecule has 122 valence electrons. The third-order valence-electron chi connectivity index (χ3n) is 4.54. The number of hydrogen-bond acceptors (Lipinski definition) is 2. The highest BCUT2D eigenvalue weighted by molar-refractivity contribution is 6.30. The third kappa shape index (κ3) is 3.37. The molecule has 1 N–H and O–H groups in total. The van der Waals surface area contributed by atoms with Crippen LogP contribution in [0.4, 0.5) is 10.5 Å². The van der Waals surface area contributed by atoms with E-state index in [0.29, 0.717) is 36.6 Å². The summed E-state index contributed by atoms with van der Waals surface area (Å²) in [6.07, 6.45) is 1.28. The van der Waals surface area contributed by atoms with Crippen LogP contribution in [0, 0.1) is 11.3 Å². The molecule has 2 amide bonds. The summed E-state index contributed by atoms with van der Waals surface area (Å²) in [6, 6.07) is 19.2. The Bertz CT molecular complexity index is 744. The molecule has 2 aromatic rings. The first kappa shape index (κ1) is 16.4. The number of nitrogens with one attached hydrogen (secondary N) is 1. The average molecular weight is 340 g/mol. The molecule has 1 heterocycles. The van der Waals surface area contributed by atoms with E-state index in [-0.39, 0.29) is 6.03 Å². The SMILES string of the molecule is N#CC1(c2ccccc2)CCN(C(=O)Nc2ccc(Cl)cc2)CC1. The maximum Gasteiger partial charge on any atom is 0.321 e. The fraction of sp³-hybridized carbons (Fsp3) is 0.263. The Labute approximate surface area is 146 Å². The lowest BCUT2D eigenvalue weighted by molar-refractivity contribution is 0.183. The van der Waals surface area contributed by atoms with Crippen molar-refractivity contribution in [3.63, 3.8) is 0 Å². The van der Waals surface area contributed by atoms with Gasteiger partial charge in [-0.2, -0.15) is 5.26 Å². The Morgan fingerprint density at radius 3 is 2.29 bits per heavy atom. The summed E-state index contributed by atoms with van der Waals surface area (Å²) in [6.45, 7) is 1.11. The highest BCUT2D eigenvalue weighted by Gasteiger charge is 2.37. The van der Waals surface area contributed by atoms with Crippen molar-refractivity contribution in [3.05, 3.63) is 65.2 Å². The van der Waals surface area contributed by atoms with Gasteiger partial charge in [-0.05, 0) is 42.7 Å². The average Bonchev–Trinajstić information content (AvgIpc) is 2.64. The van der Waals surface area contributed by atoms with Crippen molar-refractivity contribution in [2.75, 3.05) is 18.4 Å². The van der Waals surface area contributed by atoms with E-state index in [2.05, 4.69) is 11.4 Å². The molecule has 1 aliphatic heterocycles. The van der Waals surface area contributed by atoms with Gasteiger partial charge in [-0.3, -0.25) is 0 Å². The molecule has 0 saturated carbocycles. The van der Waals surface area contributed by atoms with E-state index >= 15 is 0 Å². The minimum atomic E-state index is -0.502. The highest BCUT2D eigenvalue weighted by Crippen LogP contribution is 2.35. The summed E-state index contributed by atoms with van der Waals surface area (Å²) in [5.41, 5.74) is 1.24. The molecular weight excluding hydrogens is 322 g/mol. The monoisotopic (exact) mass is 339 g/mol. The molecule has 0 unspecified atom stereocenters. The molecule has 24 heavy (non-hydrogen) atoms. The summed E-state index contributed by atoms with van der Waals surface area (Å²) in [4.78, 5) is 14.1. The molecule has 0 atom stereocenters. The van der Waals surface area contributed by atoms with Crippen LogP contribution in [0.25, 0.3) is 0 Å². The second kappa shape index (κ2) is 6.94. The smallest absolute Gasteiger partial charge is 0.321 e. The number of hydrogen-bond donors (Lipinski definition) is 1. The quantitative estimate of drug-likeness (QED) is 0.880. The van der Waals surface area contributed by atoms with E-state index in [1.807, 2.05) is 30.3 Å². The number of carbonyl (C=O) groups is 1. The maximum absolute atomic E-state index is 12.4. The number of likely N-dealkylation sites (tertiary alicyclic amines) is 1. The molecule has 5 heteroatoms. The molecule has 3 rings (SSSR count). The zero-order valence-corrected chi connectivity index (χ0v) is 14.0. The van der Waals surface area contributed by atoms with Crippen LogP contribution in [-0.2, 0) is 5.41 Å². The third-order valence-corrected chi connectivity index (χ3v) is 4.79. The molecule has 0 spiro atoms. The lowest BCUT2D eigenvalue weighted by atomic mass is 9.74. The first-order valence-electron chi connectivity index (χ1n) is 7.91. The minimum absolute atomic E-state index is 0.142. The van der Waals surface area contributed by atoms with E-state index in [9.17, 15) is 10.1 Å². The molecule has 2 aromatic carbocycles. The Kier molecular flexibility index (Phi) is 4.73. The molecule has 1 aliphatic rings. The van der Waals surface area contributed by atoms with Crippen molar-refractivity contribution in [1.82, 2.24) is 4.90 Å². The summed E-state index contributed by atoms with van der Waals surface area (Å²) < 4.78 is 0. The summed E-state index contributed by atoms with van der Waals surface area (Å²) in [5.74, 6) is 0. The maximum atomic E-state index is 12.4. The molecule has 0 radical (unpaired) electrons. The van der Waals surface area contributed by atoms with E-state index < -0.39 is 5.41 Å². The topological polar surface area (TPSA) is 56.1 Å². The number of anilines is 1. The second-order valence-corrected chi connectivity index (χ2v) is 6.42.